The number of hydrogen-bond donors (Lipinski definition) is 0. The maximum Gasteiger partial charge on any atom is 0.255 e. The molecule has 0 bridgehead atoms. The number of amides is 1. The average molecular weight is 280 g/mol. The fourth-order valence-corrected chi connectivity index (χ4v) is 2.63. The topological polar surface area (TPSA) is 50.6 Å². The molecule has 2 heterocycles. The molecule has 1 atom stereocenters. The largest absolute Gasteiger partial charge is 0.363 e. The SMILES string of the molecule is Cc1c(CN2CCOC(C)(C(=O)N(C)C)C2)cnn1C. The summed E-state index contributed by atoms with van der Waals surface area (Å²) in [5.74, 6) is 0.0186. The van der Waals surface area contributed by atoms with Gasteiger partial charge in [-0.25, -0.2) is 0 Å². The summed E-state index contributed by atoms with van der Waals surface area (Å²) in [6.07, 6.45) is 1.90. The van der Waals surface area contributed by atoms with Crippen LogP contribution in [0.3, 0.4) is 0 Å². The van der Waals surface area contributed by atoms with Gasteiger partial charge in [0.1, 0.15) is 0 Å². The van der Waals surface area contributed by atoms with E-state index in [0.717, 1.165) is 18.8 Å². The standard InChI is InChI=1S/C14H24N4O2/c1-11-12(8-15-17(11)5)9-18-6-7-20-14(2,10-18)13(19)16(3)4/h8H,6-7,9-10H2,1-5H3. The third kappa shape index (κ3) is 2.86. The van der Waals surface area contributed by atoms with Crippen molar-refractivity contribution in [2.24, 2.45) is 7.05 Å². The van der Waals surface area contributed by atoms with Crippen LogP contribution in [0.4, 0.5) is 0 Å². The molecule has 2 rings (SSSR count). The highest BCUT2D eigenvalue weighted by molar-refractivity contribution is 5.84. The zero-order valence-electron chi connectivity index (χ0n) is 13.0. The quantitative estimate of drug-likeness (QED) is 0.804. The highest BCUT2D eigenvalue weighted by Gasteiger charge is 2.40. The van der Waals surface area contributed by atoms with Crippen molar-refractivity contribution in [2.45, 2.75) is 26.0 Å². The molecule has 20 heavy (non-hydrogen) atoms. The molecule has 1 fully saturated rings. The molecule has 112 valence electrons. The monoisotopic (exact) mass is 280 g/mol. The second-order valence-corrected chi connectivity index (χ2v) is 5.87. The summed E-state index contributed by atoms with van der Waals surface area (Å²) >= 11 is 0. The number of likely N-dealkylation sites (N-methyl/N-ethyl adjacent to an activating group) is 1. The zero-order valence-corrected chi connectivity index (χ0v) is 13.0. The van der Waals surface area contributed by atoms with Gasteiger partial charge in [0.25, 0.3) is 5.91 Å². The van der Waals surface area contributed by atoms with Crippen LogP contribution in [0.25, 0.3) is 0 Å². The van der Waals surface area contributed by atoms with Crippen molar-refractivity contribution < 1.29 is 9.53 Å². The van der Waals surface area contributed by atoms with Crippen molar-refractivity contribution in [3.05, 3.63) is 17.5 Å². The van der Waals surface area contributed by atoms with Gasteiger partial charge in [0, 0.05) is 52.0 Å². The number of carbonyl (C=O) groups is 1. The van der Waals surface area contributed by atoms with E-state index < -0.39 is 5.60 Å². The van der Waals surface area contributed by atoms with Gasteiger partial charge in [-0.05, 0) is 13.8 Å². The van der Waals surface area contributed by atoms with Gasteiger partial charge in [-0.3, -0.25) is 14.4 Å². The average Bonchev–Trinajstić information content (AvgIpc) is 2.70. The Kier molecular flexibility index (Phi) is 4.15. The first kappa shape index (κ1) is 15.0. The smallest absolute Gasteiger partial charge is 0.255 e. The minimum atomic E-state index is -0.752. The van der Waals surface area contributed by atoms with Crippen LogP contribution in [0, 0.1) is 6.92 Å². The van der Waals surface area contributed by atoms with Crippen molar-refractivity contribution >= 4 is 5.91 Å². The lowest BCUT2D eigenvalue weighted by atomic mass is 10.0. The summed E-state index contributed by atoms with van der Waals surface area (Å²) in [6.45, 7) is 6.77. The first-order chi connectivity index (χ1) is 9.33. The van der Waals surface area contributed by atoms with Crippen LogP contribution in [0.15, 0.2) is 6.20 Å². The Morgan fingerprint density at radius 3 is 2.80 bits per heavy atom. The summed E-state index contributed by atoms with van der Waals surface area (Å²) in [6, 6.07) is 0. The second-order valence-electron chi connectivity index (χ2n) is 5.87. The van der Waals surface area contributed by atoms with Crippen LogP contribution in [-0.4, -0.2) is 64.9 Å². The fourth-order valence-electron chi connectivity index (χ4n) is 2.63. The number of aromatic nitrogens is 2. The molecular weight excluding hydrogens is 256 g/mol. The molecule has 0 spiro atoms. The Labute approximate surface area is 120 Å². The van der Waals surface area contributed by atoms with E-state index in [9.17, 15) is 4.79 Å². The number of morpholine rings is 1. The number of carbonyl (C=O) groups excluding carboxylic acids is 1. The van der Waals surface area contributed by atoms with E-state index >= 15 is 0 Å². The van der Waals surface area contributed by atoms with Gasteiger partial charge in [0.2, 0.25) is 0 Å². The minimum Gasteiger partial charge on any atom is -0.363 e. The summed E-state index contributed by atoms with van der Waals surface area (Å²) in [5.41, 5.74) is 1.61. The minimum absolute atomic E-state index is 0.0186. The second kappa shape index (κ2) is 5.54. The fraction of sp³-hybridized carbons (Fsp3) is 0.714. The lowest BCUT2D eigenvalue weighted by Crippen LogP contribution is -2.57. The van der Waals surface area contributed by atoms with Crippen LogP contribution >= 0.6 is 0 Å². The lowest BCUT2D eigenvalue weighted by Gasteiger charge is -2.40. The summed E-state index contributed by atoms with van der Waals surface area (Å²) in [4.78, 5) is 16.1. The zero-order chi connectivity index (χ0) is 14.9. The molecule has 1 aromatic heterocycles. The summed E-state index contributed by atoms with van der Waals surface area (Å²) in [7, 11) is 5.47. The third-order valence-electron chi connectivity index (χ3n) is 3.94. The first-order valence-corrected chi connectivity index (χ1v) is 6.89. The van der Waals surface area contributed by atoms with E-state index in [1.54, 1.807) is 19.0 Å². The molecule has 6 nitrogen and oxygen atoms in total. The van der Waals surface area contributed by atoms with Crippen LogP contribution in [0.2, 0.25) is 0 Å². The van der Waals surface area contributed by atoms with Crippen molar-refractivity contribution in [3.8, 4) is 0 Å². The molecule has 0 radical (unpaired) electrons. The Morgan fingerprint density at radius 2 is 2.25 bits per heavy atom. The van der Waals surface area contributed by atoms with Gasteiger partial charge in [0.15, 0.2) is 5.60 Å². The van der Waals surface area contributed by atoms with Gasteiger partial charge in [-0.1, -0.05) is 0 Å². The van der Waals surface area contributed by atoms with Crippen molar-refractivity contribution in [1.29, 1.82) is 0 Å². The molecule has 0 N–H and O–H groups in total. The van der Waals surface area contributed by atoms with Crippen LogP contribution in [0.5, 0.6) is 0 Å². The number of hydrogen-bond acceptors (Lipinski definition) is 4. The Hall–Kier alpha value is -1.40. The van der Waals surface area contributed by atoms with Gasteiger partial charge >= 0.3 is 0 Å². The van der Waals surface area contributed by atoms with E-state index in [2.05, 4.69) is 16.9 Å². The van der Waals surface area contributed by atoms with Crippen molar-refractivity contribution in [3.63, 3.8) is 0 Å². The van der Waals surface area contributed by atoms with E-state index in [4.69, 9.17) is 4.74 Å². The van der Waals surface area contributed by atoms with Gasteiger partial charge in [-0.2, -0.15) is 5.10 Å². The van der Waals surface area contributed by atoms with Gasteiger partial charge in [0.05, 0.1) is 12.8 Å². The molecule has 1 aliphatic heterocycles. The molecule has 0 aromatic carbocycles. The summed E-state index contributed by atoms with van der Waals surface area (Å²) < 4.78 is 7.61. The number of aryl methyl sites for hydroxylation is 1. The predicted octanol–water partition coefficient (Wildman–Crippen LogP) is 0.408. The Morgan fingerprint density at radius 1 is 1.55 bits per heavy atom. The van der Waals surface area contributed by atoms with E-state index in [-0.39, 0.29) is 5.91 Å². The first-order valence-electron chi connectivity index (χ1n) is 6.89. The normalized spacial score (nSPS) is 23.9. The van der Waals surface area contributed by atoms with Crippen LogP contribution in [-0.2, 0) is 23.1 Å². The summed E-state index contributed by atoms with van der Waals surface area (Å²) in [5, 5.41) is 4.26. The van der Waals surface area contributed by atoms with Crippen LogP contribution in [0.1, 0.15) is 18.2 Å². The van der Waals surface area contributed by atoms with Crippen molar-refractivity contribution in [2.75, 3.05) is 33.8 Å². The number of nitrogens with zero attached hydrogens (tertiary/aromatic N) is 4. The number of ether oxygens (including phenoxy) is 1. The lowest BCUT2D eigenvalue weighted by molar-refractivity contribution is -0.165. The molecule has 0 saturated carbocycles. The number of rotatable bonds is 3. The molecular formula is C14H24N4O2. The van der Waals surface area contributed by atoms with Gasteiger partial charge < -0.3 is 9.64 Å². The molecule has 1 unspecified atom stereocenters. The Balaban J connectivity index is 2.07. The molecule has 1 aliphatic rings. The third-order valence-corrected chi connectivity index (χ3v) is 3.94. The van der Waals surface area contributed by atoms with Crippen molar-refractivity contribution in [1.82, 2.24) is 19.6 Å². The predicted molar refractivity (Wildman–Crippen MR) is 76.3 cm³/mol. The molecule has 1 aromatic rings. The maximum absolute atomic E-state index is 12.2. The van der Waals surface area contributed by atoms with E-state index in [0.29, 0.717) is 13.2 Å². The maximum atomic E-state index is 12.2. The van der Waals surface area contributed by atoms with E-state index in [1.165, 1.54) is 5.56 Å². The highest BCUT2D eigenvalue weighted by Crippen LogP contribution is 2.21. The molecule has 0 aliphatic carbocycles. The van der Waals surface area contributed by atoms with Gasteiger partial charge in [-0.15, -0.1) is 0 Å². The molecule has 1 saturated heterocycles. The molecule has 1 amide bonds. The highest BCUT2D eigenvalue weighted by atomic mass is 16.5. The Bertz CT molecular complexity index is 497. The van der Waals surface area contributed by atoms with E-state index in [1.807, 2.05) is 24.9 Å². The molecule has 6 heteroatoms. The van der Waals surface area contributed by atoms with Crippen LogP contribution < -0.4 is 0 Å².